The van der Waals surface area contributed by atoms with Crippen LogP contribution in [0.25, 0.3) is 33.9 Å². The molecule has 0 amide bonds. The van der Waals surface area contributed by atoms with Gasteiger partial charge in [-0.2, -0.15) is 0 Å². The smallest absolute Gasteiger partial charge is 0.203 e. The Balaban J connectivity index is 1.40. The fourth-order valence-corrected chi connectivity index (χ4v) is 6.83. The van der Waals surface area contributed by atoms with E-state index in [9.17, 15) is 8.42 Å². The van der Waals surface area contributed by atoms with Gasteiger partial charge in [-0.05, 0) is 37.3 Å². The summed E-state index contributed by atoms with van der Waals surface area (Å²) in [7, 11) is -3.10. The van der Waals surface area contributed by atoms with Gasteiger partial charge in [0.15, 0.2) is 21.4 Å². The van der Waals surface area contributed by atoms with Gasteiger partial charge >= 0.3 is 0 Å². The van der Waals surface area contributed by atoms with Gasteiger partial charge in [-0.15, -0.1) is 10.2 Å². The fourth-order valence-electron chi connectivity index (χ4n) is 5.14. The van der Waals surface area contributed by atoms with Gasteiger partial charge in [0.1, 0.15) is 0 Å². The first kappa shape index (κ1) is 21.3. The number of aromatic nitrogens is 8. The molecule has 0 spiro atoms. The molecule has 1 aromatic carbocycles. The Morgan fingerprint density at radius 1 is 1.03 bits per heavy atom. The Bertz CT molecular complexity index is 1430. The van der Waals surface area contributed by atoms with Gasteiger partial charge in [-0.3, -0.25) is 14.6 Å². The van der Waals surface area contributed by atoms with Crippen LogP contribution >= 0.6 is 0 Å². The van der Waals surface area contributed by atoms with Crippen molar-refractivity contribution in [3.63, 3.8) is 0 Å². The predicted molar refractivity (Wildman–Crippen MR) is 126 cm³/mol. The lowest BCUT2D eigenvalue weighted by Crippen LogP contribution is -2.14. The van der Waals surface area contributed by atoms with E-state index in [0.717, 1.165) is 17.6 Å². The van der Waals surface area contributed by atoms with Crippen molar-refractivity contribution >= 4 is 20.9 Å². The second-order valence-corrected chi connectivity index (χ2v) is 11.5. The molecule has 176 valence electrons. The molecule has 1 aliphatic heterocycles. The Morgan fingerprint density at radius 2 is 1.88 bits per heavy atom. The standard InChI is InChI=1S/C23H26N8O2S/c32-34(33)12-9-17(15-34)31-23(18-7-4-8-19-21(18)25-11-10-24-19)26-22(28-31)20-14-30(29-27-20)13-16-5-2-1-3-6-16/h4,7-8,10-11,14,16-17H,1-3,5-6,9,12-13,15H2. The summed E-state index contributed by atoms with van der Waals surface area (Å²) in [4.78, 5) is 13.7. The number of hydrogen-bond acceptors (Lipinski definition) is 8. The van der Waals surface area contributed by atoms with E-state index < -0.39 is 9.84 Å². The van der Waals surface area contributed by atoms with Gasteiger partial charge in [0.25, 0.3) is 0 Å². The van der Waals surface area contributed by atoms with Crippen LogP contribution in [0.1, 0.15) is 44.6 Å². The second-order valence-electron chi connectivity index (χ2n) is 9.32. The minimum absolute atomic E-state index is 0.0492. The third-order valence-electron chi connectivity index (χ3n) is 6.86. The first-order valence-corrected chi connectivity index (χ1v) is 13.7. The van der Waals surface area contributed by atoms with Gasteiger partial charge in [-0.25, -0.2) is 18.1 Å². The van der Waals surface area contributed by atoms with Crippen LogP contribution in [0.15, 0.2) is 36.8 Å². The second kappa shape index (κ2) is 8.53. The number of nitrogens with zero attached hydrogens (tertiary/aromatic N) is 8. The van der Waals surface area contributed by atoms with Gasteiger partial charge < -0.3 is 0 Å². The summed E-state index contributed by atoms with van der Waals surface area (Å²) in [5.74, 6) is 1.84. The number of rotatable bonds is 5. The molecule has 1 atom stereocenters. The monoisotopic (exact) mass is 478 g/mol. The summed E-state index contributed by atoms with van der Waals surface area (Å²) >= 11 is 0. The molecule has 1 saturated carbocycles. The fraction of sp³-hybridized carbons (Fsp3) is 0.478. The summed E-state index contributed by atoms with van der Waals surface area (Å²) < 4.78 is 28.1. The molecule has 0 bridgehead atoms. The van der Waals surface area contributed by atoms with Crippen LogP contribution in [0, 0.1) is 5.92 Å². The van der Waals surface area contributed by atoms with Crippen molar-refractivity contribution in [1.29, 1.82) is 0 Å². The molecule has 2 fully saturated rings. The van der Waals surface area contributed by atoms with Crippen LogP contribution in [0.5, 0.6) is 0 Å². The molecule has 0 radical (unpaired) electrons. The summed E-state index contributed by atoms with van der Waals surface area (Å²) in [5.41, 5.74) is 2.80. The van der Waals surface area contributed by atoms with Crippen molar-refractivity contribution in [1.82, 2.24) is 39.7 Å². The van der Waals surface area contributed by atoms with Crippen LogP contribution in [0.4, 0.5) is 0 Å². The summed E-state index contributed by atoms with van der Waals surface area (Å²) in [6.07, 6.45) is 12.0. The molecule has 4 heterocycles. The van der Waals surface area contributed by atoms with Crippen LogP contribution < -0.4 is 0 Å². The highest BCUT2D eigenvalue weighted by Gasteiger charge is 2.33. The van der Waals surface area contributed by atoms with E-state index in [2.05, 4.69) is 20.3 Å². The van der Waals surface area contributed by atoms with Gasteiger partial charge in [-0.1, -0.05) is 30.5 Å². The molecule has 2 aliphatic rings. The molecule has 3 aromatic heterocycles. The van der Waals surface area contributed by atoms with Crippen molar-refractivity contribution in [2.24, 2.45) is 5.92 Å². The quantitative estimate of drug-likeness (QED) is 0.429. The largest absolute Gasteiger partial charge is 0.253 e. The molecule has 34 heavy (non-hydrogen) atoms. The lowest BCUT2D eigenvalue weighted by atomic mass is 9.89. The van der Waals surface area contributed by atoms with E-state index >= 15 is 0 Å². The molecule has 1 saturated heterocycles. The van der Waals surface area contributed by atoms with E-state index in [4.69, 9.17) is 10.1 Å². The first-order valence-electron chi connectivity index (χ1n) is 11.8. The SMILES string of the molecule is O=S1(=O)CCC(n2nc(-c3cn(CC4CCCCC4)nn3)nc2-c2cccc3nccnc23)C1. The van der Waals surface area contributed by atoms with Gasteiger partial charge in [0.05, 0.1) is 34.8 Å². The number of hydrogen-bond donors (Lipinski definition) is 0. The Morgan fingerprint density at radius 3 is 2.71 bits per heavy atom. The molecule has 0 N–H and O–H groups in total. The lowest BCUT2D eigenvalue weighted by Gasteiger charge is -2.20. The van der Waals surface area contributed by atoms with E-state index in [1.54, 1.807) is 17.1 Å². The van der Waals surface area contributed by atoms with Crippen LogP contribution in [-0.2, 0) is 16.4 Å². The van der Waals surface area contributed by atoms with E-state index in [-0.39, 0.29) is 17.5 Å². The highest BCUT2D eigenvalue weighted by atomic mass is 32.2. The first-order chi connectivity index (χ1) is 16.6. The number of fused-ring (bicyclic) bond motifs is 1. The van der Waals surface area contributed by atoms with Gasteiger partial charge in [0, 0.05) is 24.5 Å². The van der Waals surface area contributed by atoms with E-state index in [0.29, 0.717) is 35.2 Å². The van der Waals surface area contributed by atoms with Crippen molar-refractivity contribution in [3.8, 4) is 22.9 Å². The number of sulfone groups is 1. The minimum atomic E-state index is -3.10. The minimum Gasteiger partial charge on any atom is -0.253 e. The maximum absolute atomic E-state index is 12.2. The number of benzene rings is 1. The third kappa shape index (κ3) is 4.08. The Hall–Kier alpha value is -3.21. The van der Waals surface area contributed by atoms with E-state index in [1.165, 1.54) is 32.1 Å². The molecule has 11 heteroatoms. The maximum Gasteiger partial charge on any atom is 0.203 e. The molecule has 6 rings (SSSR count). The molecular formula is C23H26N8O2S. The van der Waals surface area contributed by atoms with Crippen molar-refractivity contribution < 1.29 is 8.42 Å². The summed E-state index contributed by atoms with van der Waals surface area (Å²) in [5, 5.41) is 13.4. The van der Waals surface area contributed by atoms with E-state index in [1.807, 2.05) is 29.1 Å². The molecule has 4 aromatic rings. The van der Waals surface area contributed by atoms with Gasteiger partial charge in [0.2, 0.25) is 5.82 Å². The summed E-state index contributed by atoms with van der Waals surface area (Å²) in [6, 6.07) is 5.43. The molecule has 1 unspecified atom stereocenters. The summed E-state index contributed by atoms with van der Waals surface area (Å²) in [6.45, 7) is 0.848. The van der Waals surface area contributed by atoms with Crippen LogP contribution in [0.3, 0.4) is 0 Å². The Labute approximate surface area is 197 Å². The van der Waals surface area contributed by atoms with Crippen LogP contribution in [-0.4, -0.2) is 59.6 Å². The number of para-hydroxylation sites is 1. The average Bonchev–Trinajstić information content (AvgIpc) is 3.57. The highest BCUT2D eigenvalue weighted by Crippen LogP contribution is 2.32. The predicted octanol–water partition coefficient (Wildman–Crippen LogP) is 3.09. The molecule has 10 nitrogen and oxygen atoms in total. The zero-order chi connectivity index (χ0) is 23.1. The highest BCUT2D eigenvalue weighted by molar-refractivity contribution is 7.91. The van der Waals surface area contributed by atoms with Crippen LogP contribution in [0.2, 0.25) is 0 Å². The van der Waals surface area contributed by atoms with Crippen molar-refractivity contribution in [2.45, 2.75) is 51.1 Å². The topological polar surface area (TPSA) is 121 Å². The average molecular weight is 479 g/mol. The zero-order valence-corrected chi connectivity index (χ0v) is 19.6. The third-order valence-corrected chi connectivity index (χ3v) is 8.61. The maximum atomic E-state index is 12.2. The zero-order valence-electron chi connectivity index (χ0n) is 18.8. The van der Waals surface area contributed by atoms with Crippen molar-refractivity contribution in [2.75, 3.05) is 11.5 Å². The molecule has 1 aliphatic carbocycles. The molecular weight excluding hydrogens is 452 g/mol. The normalized spacial score (nSPS) is 20.8. The lowest BCUT2D eigenvalue weighted by molar-refractivity contribution is 0.305. The van der Waals surface area contributed by atoms with Crippen molar-refractivity contribution in [3.05, 3.63) is 36.8 Å². The Kier molecular flexibility index (Phi) is 5.35.